The summed E-state index contributed by atoms with van der Waals surface area (Å²) in [6.45, 7) is 3.31. The number of nitrogens with zero attached hydrogens (tertiary/aromatic N) is 3. The lowest BCUT2D eigenvalue weighted by atomic mass is 10.4. The number of amides is 1. The molecule has 7 nitrogen and oxygen atoms in total. The highest BCUT2D eigenvalue weighted by molar-refractivity contribution is 7.80. The van der Waals surface area contributed by atoms with E-state index in [4.69, 9.17) is 9.47 Å². The molecule has 19 heavy (non-hydrogen) atoms. The van der Waals surface area contributed by atoms with Gasteiger partial charge in [-0.15, -0.1) is 4.37 Å². The molecule has 2 heterocycles. The number of ether oxygens (including phenoxy) is 2. The molecule has 2 rings (SSSR count). The quantitative estimate of drug-likeness (QED) is 0.709. The summed E-state index contributed by atoms with van der Waals surface area (Å²) in [5, 5.41) is 2.68. The summed E-state index contributed by atoms with van der Waals surface area (Å²) >= 11 is 5.09. The fourth-order valence-electron chi connectivity index (χ4n) is 1.62. The van der Waals surface area contributed by atoms with Gasteiger partial charge in [-0.2, -0.15) is 17.0 Å². The molecule has 1 N–H and O–H groups in total. The molecular formula is C10H16N4O3S2. The van der Waals surface area contributed by atoms with Crippen LogP contribution in [-0.4, -0.2) is 59.9 Å². The van der Waals surface area contributed by atoms with Gasteiger partial charge in [0.25, 0.3) is 11.8 Å². The Labute approximate surface area is 121 Å². The first kappa shape index (κ1) is 14.4. The van der Waals surface area contributed by atoms with Gasteiger partial charge in [0.15, 0.2) is 6.61 Å². The Kier molecular flexibility index (Phi) is 5.67. The fraction of sp³-hybridized carbons (Fsp3) is 0.700. The van der Waals surface area contributed by atoms with E-state index in [2.05, 4.69) is 26.7 Å². The Bertz CT molecular complexity index is 409. The van der Waals surface area contributed by atoms with E-state index in [1.807, 2.05) is 4.90 Å². The molecule has 1 aromatic rings. The van der Waals surface area contributed by atoms with Crippen LogP contribution in [0, 0.1) is 0 Å². The van der Waals surface area contributed by atoms with E-state index in [1.165, 1.54) is 0 Å². The van der Waals surface area contributed by atoms with E-state index in [-0.39, 0.29) is 12.5 Å². The number of morpholine rings is 1. The number of nitrogens with one attached hydrogen (secondary N) is 1. The summed E-state index contributed by atoms with van der Waals surface area (Å²) in [5.74, 6) is 1.52. The van der Waals surface area contributed by atoms with Crippen LogP contribution in [0.1, 0.15) is 0 Å². The van der Waals surface area contributed by atoms with Crippen LogP contribution in [0.15, 0.2) is 0 Å². The average Bonchev–Trinajstić information content (AvgIpc) is 2.92. The number of carbonyl (C=O) groups is 1. The summed E-state index contributed by atoms with van der Waals surface area (Å²) in [6, 6.07) is 0. The Morgan fingerprint density at radius 2 is 2.26 bits per heavy atom. The molecule has 0 aromatic carbocycles. The first-order valence-electron chi connectivity index (χ1n) is 5.97. The van der Waals surface area contributed by atoms with Crippen molar-refractivity contribution in [3.63, 3.8) is 0 Å². The number of hydrogen-bond donors (Lipinski definition) is 2. The summed E-state index contributed by atoms with van der Waals surface area (Å²) in [6.07, 6.45) is 0. The first-order chi connectivity index (χ1) is 9.31. The van der Waals surface area contributed by atoms with Crippen molar-refractivity contribution in [1.82, 2.24) is 14.1 Å². The number of thiol groups is 1. The van der Waals surface area contributed by atoms with Gasteiger partial charge in [0.05, 0.1) is 24.9 Å². The number of carbonyl (C=O) groups excluding carboxylic acids is 1. The van der Waals surface area contributed by atoms with Crippen molar-refractivity contribution in [2.75, 3.05) is 50.1 Å². The fourth-order valence-corrected chi connectivity index (χ4v) is 2.25. The minimum absolute atomic E-state index is 0.0590. The van der Waals surface area contributed by atoms with Crippen molar-refractivity contribution in [3.05, 3.63) is 0 Å². The van der Waals surface area contributed by atoms with E-state index in [0.717, 1.165) is 24.8 Å². The number of rotatable bonds is 6. The molecule has 0 unspecified atom stereocenters. The molecule has 1 saturated heterocycles. The second-order valence-electron chi connectivity index (χ2n) is 3.85. The average molecular weight is 304 g/mol. The third-order valence-corrected chi connectivity index (χ3v) is 3.25. The van der Waals surface area contributed by atoms with Gasteiger partial charge in [-0.25, -0.2) is 0 Å². The number of aromatic nitrogens is 2. The zero-order chi connectivity index (χ0) is 13.5. The minimum atomic E-state index is -0.185. The molecule has 1 aromatic heterocycles. The second kappa shape index (κ2) is 7.51. The van der Waals surface area contributed by atoms with Crippen molar-refractivity contribution in [1.29, 1.82) is 0 Å². The molecule has 0 spiro atoms. The van der Waals surface area contributed by atoms with Crippen LogP contribution >= 0.6 is 24.4 Å². The molecule has 0 bridgehead atoms. The Morgan fingerprint density at radius 3 is 3.00 bits per heavy atom. The number of hydrogen-bond acceptors (Lipinski definition) is 8. The van der Waals surface area contributed by atoms with Crippen molar-refractivity contribution in [2.24, 2.45) is 0 Å². The predicted octanol–water partition coefficient (Wildman–Crippen LogP) is -0.200. The van der Waals surface area contributed by atoms with Gasteiger partial charge in [-0.3, -0.25) is 4.79 Å². The summed E-state index contributed by atoms with van der Waals surface area (Å²) < 4.78 is 19.0. The molecule has 1 fully saturated rings. The van der Waals surface area contributed by atoms with Crippen LogP contribution in [0.3, 0.4) is 0 Å². The summed E-state index contributed by atoms with van der Waals surface area (Å²) in [4.78, 5) is 13.5. The highest BCUT2D eigenvalue weighted by Crippen LogP contribution is 2.25. The van der Waals surface area contributed by atoms with Gasteiger partial charge in [-0.05, 0) is 0 Å². The zero-order valence-electron chi connectivity index (χ0n) is 10.4. The van der Waals surface area contributed by atoms with Crippen molar-refractivity contribution in [3.8, 4) is 5.88 Å². The van der Waals surface area contributed by atoms with Gasteiger partial charge >= 0.3 is 0 Å². The molecule has 0 saturated carbocycles. The Morgan fingerprint density at radius 1 is 1.47 bits per heavy atom. The van der Waals surface area contributed by atoms with E-state index in [1.54, 1.807) is 0 Å². The summed E-state index contributed by atoms with van der Waals surface area (Å²) in [7, 11) is 0. The molecule has 0 atom stereocenters. The monoisotopic (exact) mass is 304 g/mol. The number of anilines is 1. The molecule has 9 heteroatoms. The minimum Gasteiger partial charge on any atom is -0.464 e. The molecule has 0 radical (unpaired) electrons. The van der Waals surface area contributed by atoms with Crippen LogP contribution in [0.25, 0.3) is 0 Å². The van der Waals surface area contributed by atoms with Gasteiger partial charge in [0, 0.05) is 25.4 Å². The van der Waals surface area contributed by atoms with Crippen LogP contribution in [-0.2, 0) is 9.53 Å². The molecular weight excluding hydrogens is 288 g/mol. The van der Waals surface area contributed by atoms with Crippen LogP contribution in [0.4, 0.5) is 5.82 Å². The van der Waals surface area contributed by atoms with Gasteiger partial charge in [0.1, 0.15) is 0 Å². The third kappa shape index (κ3) is 4.22. The maximum Gasteiger partial charge on any atom is 0.271 e. The van der Waals surface area contributed by atoms with Crippen LogP contribution in [0.5, 0.6) is 5.88 Å². The molecule has 106 valence electrons. The lowest BCUT2D eigenvalue weighted by molar-refractivity contribution is -0.123. The lowest BCUT2D eigenvalue weighted by Gasteiger charge is -2.26. The smallest absolute Gasteiger partial charge is 0.271 e. The van der Waals surface area contributed by atoms with Gasteiger partial charge in [0.2, 0.25) is 5.82 Å². The third-order valence-electron chi connectivity index (χ3n) is 2.53. The molecule has 1 aliphatic heterocycles. The maximum atomic E-state index is 11.4. The Balaban J connectivity index is 1.86. The molecule has 1 amide bonds. The van der Waals surface area contributed by atoms with E-state index in [9.17, 15) is 4.79 Å². The van der Waals surface area contributed by atoms with E-state index < -0.39 is 0 Å². The molecule has 1 aliphatic rings. The van der Waals surface area contributed by atoms with Gasteiger partial charge < -0.3 is 19.7 Å². The standard InChI is InChI=1S/C10H16N4O3S2/c15-8(11-1-6-18)7-17-10-9(12-19-13-10)14-2-4-16-5-3-14/h18H,1-7H2,(H,11,15). The lowest BCUT2D eigenvalue weighted by Crippen LogP contribution is -2.37. The largest absolute Gasteiger partial charge is 0.464 e. The van der Waals surface area contributed by atoms with Crippen LogP contribution in [0.2, 0.25) is 0 Å². The van der Waals surface area contributed by atoms with E-state index in [0.29, 0.717) is 37.2 Å². The second-order valence-corrected chi connectivity index (χ2v) is 4.83. The van der Waals surface area contributed by atoms with Crippen LogP contribution < -0.4 is 15.0 Å². The Hall–Kier alpha value is -1.06. The SMILES string of the molecule is O=C(COc1nsnc1N1CCOCC1)NCCS. The summed E-state index contributed by atoms with van der Waals surface area (Å²) in [5.41, 5.74) is 0. The van der Waals surface area contributed by atoms with E-state index >= 15 is 0 Å². The highest BCUT2D eigenvalue weighted by atomic mass is 32.1. The predicted molar refractivity (Wildman–Crippen MR) is 75.3 cm³/mol. The zero-order valence-corrected chi connectivity index (χ0v) is 12.1. The normalized spacial score (nSPS) is 15.3. The highest BCUT2D eigenvalue weighted by Gasteiger charge is 2.20. The van der Waals surface area contributed by atoms with Crippen molar-refractivity contribution >= 4 is 36.1 Å². The van der Waals surface area contributed by atoms with Crippen molar-refractivity contribution < 1.29 is 14.3 Å². The topological polar surface area (TPSA) is 76.6 Å². The molecule has 0 aliphatic carbocycles. The van der Waals surface area contributed by atoms with Gasteiger partial charge in [-0.1, -0.05) is 0 Å². The van der Waals surface area contributed by atoms with Crippen molar-refractivity contribution in [2.45, 2.75) is 0 Å². The first-order valence-corrected chi connectivity index (χ1v) is 7.33. The maximum absolute atomic E-state index is 11.4.